The summed E-state index contributed by atoms with van der Waals surface area (Å²) in [5.41, 5.74) is 2.80. The van der Waals surface area contributed by atoms with Gasteiger partial charge in [-0.3, -0.25) is 4.98 Å². The van der Waals surface area contributed by atoms with E-state index in [2.05, 4.69) is 10.1 Å². The van der Waals surface area contributed by atoms with Gasteiger partial charge in [-0.2, -0.15) is 11.3 Å². The molecule has 0 aliphatic rings. The van der Waals surface area contributed by atoms with E-state index in [-0.39, 0.29) is 0 Å². The van der Waals surface area contributed by atoms with Crippen molar-refractivity contribution in [2.24, 2.45) is 0 Å². The maximum Gasteiger partial charge on any atom is 0.174 e. The van der Waals surface area contributed by atoms with Crippen LogP contribution in [0.3, 0.4) is 0 Å². The van der Waals surface area contributed by atoms with E-state index in [1.807, 2.05) is 29.0 Å². The van der Waals surface area contributed by atoms with Gasteiger partial charge in [-0.25, -0.2) is 0 Å². The lowest BCUT2D eigenvalue weighted by Gasteiger charge is -2.11. The number of aromatic nitrogens is 2. The van der Waals surface area contributed by atoms with Gasteiger partial charge in [0.2, 0.25) is 0 Å². The Kier molecular flexibility index (Phi) is 4.20. The zero-order valence-corrected chi connectivity index (χ0v) is 14.6. The van der Waals surface area contributed by atoms with E-state index >= 15 is 0 Å². The molecule has 0 aliphatic carbocycles. The molecule has 0 aliphatic heterocycles. The van der Waals surface area contributed by atoms with Crippen LogP contribution in [0.4, 0.5) is 0 Å². The van der Waals surface area contributed by atoms with Crippen LogP contribution in [0.2, 0.25) is 4.34 Å². The molecule has 1 unspecified atom stereocenters. The Bertz CT molecular complexity index is 948. The normalized spacial score (nSPS) is 12.4. The molecule has 0 saturated carbocycles. The largest absolute Gasteiger partial charge is 0.383 e. The van der Waals surface area contributed by atoms with Crippen LogP contribution in [0, 0.1) is 0 Å². The number of hydrogen-bond acceptors (Lipinski definition) is 6. The molecule has 4 nitrogen and oxygen atoms in total. The molecule has 0 amide bonds. The van der Waals surface area contributed by atoms with E-state index in [1.165, 1.54) is 11.3 Å². The molecule has 1 atom stereocenters. The highest BCUT2D eigenvalue weighted by Crippen LogP contribution is 2.42. The van der Waals surface area contributed by atoms with Crippen molar-refractivity contribution in [2.45, 2.75) is 6.10 Å². The fourth-order valence-corrected chi connectivity index (χ4v) is 4.15. The monoisotopic (exact) mass is 374 g/mol. The van der Waals surface area contributed by atoms with Gasteiger partial charge in [0.25, 0.3) is 0 Å². The third-order valence-corrected chi connectivity index (χ3v) is 5.51. The van der Waals surface area contributed by atoms with Crippen LogP contribution in [0.25, 0.3) is 21.9 Å². The first-order valence-electron chi connectivity index (χ1n) is 7.10. The van der Waals surface area contributed by atoms with Gasteiger partial charge in [0.15, 0.2) is 5.76 Å². The number of aliphatic hydroxyl groups excluding tert-OH is 1. The summed E-state index contributed by atoms with van der Waals surface area (Å²) >= 11 is 9.01. The van der Waals surface area contributed by atoms with Crippen LogP contribution in [-0.2, 0) is 0 Å². The minimum Gasteiger partial charge on any atom is -0.383 e. The topological polar surface area (TPSA) is 59.2 Å². The minimum absolute atomic E-state index is 0.562. The first kappa shape index (κ1) is 15.5. The van der Waals surface area contributed by atoms with Crippen molar-refractivity contribution >= 4 is 34.3 Å². The lowest BCUT2D eigenvalue weighted by Crippen LogP contribution is -2.02. The first-order chi connectivity index (χ1) is 11.7. The van der Waals surface area contributed by atoms with Crippen LogP contribution in [0.15, 0.2) is 58.0 Å². The molecule has 7 heteroatoms. The third-order valence-electron chi connectivity index (χ3n) is 3.59. The minimum atomic E-state index is -0.893. The Morgan fingerprint density at radius 1 is 1.21 bits per heavy atom. The van der Waals surface area contributed by atoms with Gasteiger partial charge < -0.3 is 9.63 Å². The Hall–Kier alpha value is -1.99. The molecule has 4 aromatic rings. The van der Waals surface area contributed by atoms with Crippen molar-refractivity contribution in [1.82, 2.24) is 10.1 Å². The number of rotatable bonds is 4. The molecule has 0 radical (unpaired) electrons. The second-order valence-corrected chi connectivity index (χ2v) is 7.57. The molecule has 1 N–H and O–H groups in total. The average molecular weight is 375 g/mol. The number of nitrogens with zero attached hydrogens (tertiary/aromatic N) is 2. The number of halogens is 1. The van der Waals surface area contributed by atoms with Crippen LogP contribution in [0.5, 0.6) is 0 Å². The molecule has 4 aromatic heterocycles. The van der Waals surface area contributed by atoms with Crippen molar-refractivity contribution in [1.29, 1.82) is 0 Å². The molecule has 0 aromatic carbocycles. The summed E-state index contributed by atoms with van der Waals surface area (Å²) in [6.45, 7) is 0. The smallest absolute Gasteiger partial charge is 0.174 e. The summed E-state index contributed by atoms with van der Waals surface area (Å²) in [6.07, 6.45) is 2.42. The average Bonchev–Trinajstić information content (AvgIpc) is 3.34. The van der Waals surface area contributed by atoms with E-state index in [1.54, 1.807) is 35.9 Å². The van der Waals surface area contributed by atoms with Crippen LogP contribution < -0.4 is 0 Å². The highest BCUT2D eigenvalue weighted by Gasteiger charge is 2.27. The van der Waals surface area contributed by atoms with Gasteiger partial charge in [0.1, 0.15) is 11.8 Å². The van der Waals surface area contributed by atoms with E-state index in [9.17, 15) is 5.11 Å². The fraction of sp³-hybridized carbons (Fsp3) is 0.0588. The number of thiophene rings is 2. The second-order valence-electron chi connectivity index (χ2n) is 5.08. The zero-order valence-electron chi connectivity index (χ0n) is 12.2. The van der Waals surface area contributed by atoms with E-state index < -0.39 is 6.10 Å². The highest BCUT2D eigenvalue weighted by atomic mass is 35.5. The molecule has 0 fully saturated rings. The Labute approximate surface area is 151 Å². The summed E-state index contributed by atoms with van der Waals surface area (Å²) in [5, 5.41) is 19.1. The maximum atomic E-state index is 10.9. The molecular weight excluding hydrogens is 364 g/mol. The molecular formula is C17H11ClN2O2S2. The molecule has 4 heterocycles. The van der Waals surface area contributed by atoms with Crippen LogP contribution in [0.1, 0.15) is 17.2 Å². The number of hydrogen-bond donors (Lipinski definition) is 1. The summed E-state index contributed by atoms with van der Waals surface area (Å²) < 4.78 is 6.25. The van der Waals surface area contributed by atoms with Gasteiger partial charge in [0, 0.05) is 28.9 Å². The highest BCUT2D eigenvalue weighted by molar-refractivity contribution is 7.19. The molecule has 4 rings (SSSR count). The molecule has 120 valence electrons. The second kappa shape index (κ2) is 6.49. The number of aliphatic hydroxyl groups is 1. The standard InChI is InChI=1S/C17H11ClN2O2S2/c18-13-4-3-12(24-13)15-14(16(21)10-2-1-6-19-8-10)17(22-20-15)11-5-7-23-9-11/h1-9,16,21H. The fourth-order valence-electron chi connectivity index (χ4n) is 2.48. The SMILES string of the molecule is OC(c1cccnc1)c1c(-c2ccc(Cl)s2)noc1-c1ccsc1. The predicted molar refractivity (Wildman–Crippen MR) is 96.4 cm³/mol. The Morgan fingerprint density at radius 3 is 2.79 bits per heavy atom. The lowest BCUT2D eigenvalue weighted by molar-refractivity contribution is 0.220. The Morgan fingerprint density at radius 2 is 2.12 bits per heavy atom. The molecule has 24 heavy (non-hydrogen) atoms. The van der Waals surface area contributed by atoms with Gasteiger partial charge in [-0.15, -0.1) is 11.3 Å². The van der Waals surface area contributed by atoms with Crippen molar-refractivity contribution in [2.75, 3.05) is 0 Å². The van der Waals surface area contributed by atoms with Gasteiger partial charge in [-0.1, -0.05) is 22.8 Å². The summed E-state index contributed by atoms with van der Waals surface area (Å²) in [6, 6.07) is 9.24. The summed E-state index contributed by atoms with van der Waals surface area (Å²) in [5.74, 6) is 0.562. The molecule has 0 bridgehead atoms. The Balaban J connectivity index is 1.90. The summed E-state index contributed by atoms with van der Waals surface area (Å²) in [4.78, 5) is 4.94. The van der Waals surface area contributed by atoms with Crippen molar-refractivity contribution in [3.63, 3.8) is 0 Å². The van der Waals surface area contributed by atoms with Crippen LogP contribution >= 0.6 is 34.3 Å². The quantitative estimate of drug-likeness (QED) is 0.529. The van der Waals surface area contributed by atoms with Crippen molar-refractivity contribution < 1.29 is 9.63 Å². The van der Waals surface area contributed by atoms with Crippen LogP contribution in [-0.4, -0.2) is 15.2 Å². The molecule has 0 spiro atoms. The van der Waals surface area contributed by atoms with Crippen molar-refractivity contribution in [3.05, 3.63) is 68.9 Å². The molecule has 0 saturated heterocycles. The van der Waals surface area contributed by atoms with Crippen molar-refractivity contribution in [3.8, 4) is 21.9 Å². The number of pyridine rings is 1. The zero-order chi connectivity index (χ0) is 16.5. The van der Waals surface area contributed by atoms with Gasteiger partial charge in [0.05, 0.1) is 14.8 Å². The van der Waals surface area contributed by atoms with Gasteiger partial charge >= 0.3 is 0 Å². The third kappa shape index (κ3) is 2.78. The van der Waals surface area contributed by atoms with E-state index in [0.29, 0.717) is 26.9 Å². The van der Waals surface area contributed by atoms with E-state index in [4.69, 9.17) is 16.1 Å². The predicted octanol–water partition coefficient (Wildman–Crippen LogP) is 5.26. The van der Waals surface area contributed by atoms with E-state index in [0.717, 1.165) is 10.4 Å². The summed E-state index contributed by atoms with van der Waals surface area (Å²) in [7, 11) is 0. The lowest BCUT2D eigenvalue weighted by atomic mass is 9.98. The van der Waals surface area contributed by atoms with Gasteiger partial charge in [-0.05, 0) is 29.6 Å². The first-order valence-corrected chi connectivity index (χ1v) is 9.23. The maximum absolute atomic E-state index is 10.9.